The summed E-state index contributed by atoms with van der Waals surface area (Å²) in [5, 5.41) is 7.61. The number of amides is 3. The topological polar surface area (TPSA) is 136 Å². The number of hydrogen-bond acceptors (Lipinski definition) is 7. The minimum Gasteiger partial charge on any atom is -0.468 e. The molecule has 2 rings (SSSR count). The van der Waals surface area contributed by atoms with E-state index >= 15 is 0 Å². The van der Waals surface area contributed by atoms with Crippen LogP contribution in [-0.4, -0.2) is 54.7 Å². The van der Waals surface area contributed by atoms with Gasteiger partial charge in [-0.25, -0.2) is 4.79 Å². The number of nitrogens with one attached hydrogen (secondary N) is 3. The van der Waals surface area contributed by atoms with Crippen molar-refractivity contribution in [1.29, 1.82) is 0 Å². The number of esters is 1. The Kier molecular flexibility index (Phi) is 8.49. The van der Waals surface area contributed by atoms with Crippen molar-refractivity contribution >= 4 is 23.9 Å². The molecule has 0 aliphatic rings. The molecule has 3 amide bonds. The molecule has 0 fully saturated rings. The van der Waals surface area contributed by atoms with Gasteiger partial charge < -0.3 is 25.4 Å². The highest BCUT2D eigenvalue weighted by Crippen LogP contribution is 2.30. The third kappa shape index (κ3) is 7.03. The van der Waals surface area contributed by atoms with Gasteiger partial charge in [0, 0.05) is 12.4 Å². The Balaban J connectivity index is 2.40. The fraction of sp³-hybridized carbons (Fsp3) is 0.348. The van der Waals surface area contributed by atoms with Crippen molar-refractivity contribution < 1.29 is 28.7 Å². The van der Waals surface area contributed by atoms with Crippen LogP contribution in [0.2, 0.25) is 0 Å². The minimum atomic E-state index is -1.72. The molecule has 176 valence electrons. The normalized spacial score (nSPS) is 12.6. The van der Waals surface area contributed by atoms with Gasteiger partial charge in [-0.15, -0.1) is 0 Å². The summed E-state index contributed by atoms with van der Waals surface area (Å²) < 4.78 is 9.74. The summed E-state index contributed by atoms with van der Waals surface area (Å²) in [5.41, 5.74) is -1.62. The Labute approximate surface area is 192 Å². The van der Waals surface area contributed by atoms with Crippen LogP contribution < -0.4 is 16.0 Å². The van der Waals surface area contributed by atoms with Crippen molar-refractivity contribution in [3.63, 3.8) is 0 Å². The Hall–Kier alpha value is -3.95. The van der Waals surface area contributed by atoms with Crippen LogP contribution in [0, 0.1) is 0 Å². The molecular weight excluding hydrogens is 428 g/mol. The van der Waals surface area contributed by atoms with Crippen molar-refractivity contribution in [2.24, 2.45) is 0 Å². The molecule has 10 heteroatoms. The number of rotatable bonds is 8. The van der Waals surface area contributed by atoms with Gasteiger partial charge in [0.2, 0.25) is 5.91 Å². The summed E-state index contributed by atoms with van der Waals surface area (Å²) in [7, 11) is 1.20. The summed E-state index contributed by atoms with van der Waals surface area (Å²) in [5.74, 6) is -1.98. The number of aromatic nitrogens is 1. The Morgan fingerprint density at radius 2 is 1.48 bits per heavy atom. The number of alkyl carbamates (subject to hydrolysis) is 1. The van der Waals surface area contributed by atoms with E-state index in [1.54, 1.807) is 63.2 Å². The molecule has 1 atom stereocenters. The fourth-order valence-corrected chi connectivity index (χ4v) is 3.00. The highest BCUT2D eigenvalue weighted by Gasteiger charge is 2.43. The van der Waals surface area contributed by atoms with E-state index in [9.17, 15) is 19.2 Å². The van der Waals surface area contributed by atoms with E-state index in [1.165, 1.54) is 19.5 Å². The smallest absolute Gasteiger partial charge is 0.408 e. The first-order valence-corrected chi connectivity index (χ1v) is 10.2. The average molecular weight is 456 g/mol. The molecule has 0 bridgehead atoms. The number of nitrogens with zero attached hydrogens (tertiary/aromatic N) is 1. The van der Waals surface area contributed by atoms with Gasteiger partial charge in [0.05, 0.1) is 7.11 Å². The zero-order valence-corrected chi connectivity index (χ0v) is 19.0. The van der Waals surface area contributed by atoms with Gasteiger partial charge in [0.15, 0.2) is 5.54 Å². The van der Waals surface area contributed by atoms with Gasteiger partial charge in [-0.1, -0.05) is 30.3 Å². The number of methoxy groups -OCH3 is 1. The first-order chi connectivity index (χ1) is 15.6. The lowest BCUT2D eigenvalue weighted by Crippen LogP contribution is -2.59. The molecule has 1 aromatic heterocycles. The number of ether oxygens (including phenoxy) is 2. The van der Waals surface area contributed by atoms with Gasteiger partial charge in [-0.05, 0) is 44.0 Å². The molecule has 0 radical (unpaired) electrons. The Morgan fingerprint density at radius 1 is 0.879 bits per heavy atom. The van der Waals surface area contributed by atoms with Gasteiger partial charge >= 0.3 is 12.1 Å². The third-order valence-electron chi connectivity index (χ3n) is 4.40. The van der Waals surface area contributed by atoms with Crippen LogP contribution in [0.4, 0.5) is 4.79 Å². The van der Waals surface area contributed by atoms with Crippen LogP contribution in [0.5, 0.6) is 0 Å². The standard InChI is InChI=1S/C23H28N4O6/c1-22(2,3)33-21(31)26-14-18(28)27-23(16-8-6-5-7-9-16,17-10-12-24-13-11-17)20(30)25-15-19(29)32-4/h5-13H,14-15H2,1-4H3,(H,25,30)(H,26,31)(H,27,28)/t23-/m1/s1. The summed E-state index contributed by atoms with van der Waals surface area (Å²) >= 11 is 0. The number of benzene rings is 1. The minimum absolute atomic E-state index is 0.400. The highest BCUT2D eigenvalue weighted by molar-refractivity contribution is 5.97. The maximum atomic E-state index is 13.5. The number of hydrogen-bond donors (Lipinski definition) is 3. The molecule has 1 aromatic carbocycles. The van der Waals surface area contributed by atoms with Gasteiger partial charge in [0.25, 0.3) is 5.91 Å². The first-order valence-electron chi connectivity index (χ1n) is 10.2. The second-order valence-corrected chi connectivity index (χ2v) is 8.01. The molecule has 1 heterocycles. The second kappa shape index (κ2) is 11.1. The van der Waals surface area contributed by atoms with E-state index in [1.807, 2.05) is 0 Å². The third-order valence-corrected chi connectivity index (χ3v) is 4.40. The fourth-order valence-electron chi connectivity index (χ4n) is 3.00. The lowest BCUT2D eigenvalue weighted by atomic mass is 9.82. The molecule has 2 aromatic rings. The molecule has 0 saturated carbocycles. The maximum Gasteiger partial charge on any atom is 0.408 e. The number of carbonyl (C=O) groups is 4. The largest absolute Gasteiger partial charge is 0.468 e. The van der Waals surface area contributed by atoms with Crippen LogP contribution >= 0.6 is 0 Å². The first kappa shape index (κ1) is 25.3. The predicted molar refractivity (Wildman–Crippen MR) is 119 cm³/mol. The summed E-state index contributed by atoms with van der Waals surface area (Å²) in [6.45, 7) is 4.24. The summed E-state index contributed by atoms with van der Waals surface area (Å²) in [4.78, 5) is 54.0. The second-order valence-electron chi connectivity index (χ2n) is 8.01. The van der Waals surface area contributed by atoms with Crippen LogP contribution in [-0.2, 0) is 29.4 Å². The van der Waals surface area contributed by atoms with Gasteiger partial charge in [0.1, 0.15) is 18.7 Å². The zero-order chi connectivity index (χ0) is 24.5. The van der Waals surface area contributed by atoms with Crippen molar-refractivity contribution in [1.82, 2.24) is 20.9 Å². The SMILES string of the molecule is COC(=O)CNC(=O)[C@@](NC(=O)CNC(=O)OC(C)(C)C)(c1ccccc1)c1ccncc1. The van der Waals surface area contributed by atoms with Gasteiger partial charge in [-0.3, -0.25) is 19.4 Å². The lowest BCUT2D eigenvalue weighted by Gasteiger charge is -2.34. The van der Waals surface area contributed by atoms with E-state index in [4.69, 9.17) is 4.74 Å². The van der Waals surface area contributed by atoms with Crippen molar-refractivity contribution in [3.05, 3.63) is 66.0 Å². The molecule has 0 saturated heterocycles. The molecule has 10 nitrogen and oxygen atoms in total. The monoisotopic (exact) mass is 456 g/mol. The zero-order valence-electron chi connectivity index (χ0n) is 19.0. The summed E-state index contributed by atoms with van der Waals surface area (Å²) in [6.07, 6.45) is 2.18. The molecule has 0 unspecified atom stereocenters. The van der Waals surface area contributed by atoms with Crippen LogP contribution in [0.25, 0.3) is 0 Å². The van der Waals surface area contributed by atoms with E-state index < -0.39 is 48.1 Å². The number of carbonyl (C=O) groups excluding carboxylic acids is 4. The van der Waals surface area contributed by atoms with E-state index in [0.717, 1.165) is 0 Å². The van der Waals surface area contributed by atoms with Crippen LogP contribution in [0.1, 0.15) is 31.9 Å². The molecule has 33 heavy (non-hydrogen) atoms. The van der Waals surface area contributed by atoms with E-state index in [0.29, 0.717) is 11.1 Å². The van der Waals surface area contributed by atoms with Crippen molar-refractivity contribution in [2.75, 3.05) is 20.2 Å². The molecular formula is C23H28N4O6. The van der Waals surface area contributed by atoms with Crippen molar-refractivity contribution in [2.45, 2.75) is 31.9 Å². The van der Waals surface area contributed by atoms with Gasteiger partial charge in [-0.2, -0.15) is 0 Å². The lowest BCUT2D eigenvalue weighted by molar-refractivity contribution is -0.142. The Morgan fingerprint density at radius 3 is 2.06 bits per heavy atom. The van der Waals surface area contributed by atoms with E-state index in [2.05, 4.69) is 25.7 Å². The predicted octanol–water partition coefficient (Wildman–Crippen LogP) is 1.26. The van der Waals surface area contributed by atoms with Crippen LogP contribution in [0.3, 0.4) is 0 Å². The van der Waals surface area contributed by atoms with Crippen molar-refractivity contribution in [3.8, 4) is 0 Å². The maximum absolute atomic E-state index is 13.5. The summed E-state index contributed by atoms with van der Waals surface area (Å²) in [6, 6.07) is 11.7. The Bertz CT molecular complexity index is 934. The highest BCUT2D eigenvalue weighted by atomic mass is 16.6. The average Bonchev–Trinajstić information content (AvgIpc) is 2.79. The quantitative estimate of drug-likeness (QED) is 0.509. The molecule has 0 aliphatic heterocycles. The van der Waals surface area contributed by atoms with Crippen LogP contribution in [0.15, 0.2) is 54.9 Å². The molecule has 0 spiro atoms. The molecule has 3 N–H and O–H groups in total. The number of pyridine rings is 1. The molecule has 0 aliphatic carbocycles. The van der Waals surface area contributed by atoms with E-state index in [-0.39, 0.29) is 0 Å².